The van der Waals surface area contributed by atoms with Crippen molar-refractivity contribution in [2.45, 2.75) is 45.2 Å². The molecule has 30 heavy (non-hydrogen) atoms. The number of nitrogens with one attached hydrogen (secondary N) is 1. The van der Waals surface area contributed by atoms with Gasteiger partial charge in [-0.15, -0.1) is 0 Å². The minimum absolute atomic E-state index is 0.101. The van der Waals surface area contributed by atoms with E-state index in [1.54, 1.807) is 0 Å². The Labute approximate surface area is 182 Å². The van der Waals surface area contributed by atoms with Crippen LogP contribution in [0, 0.1) is 31.1 Å². The van der Waals surface area contributed by atoms with Gasteiger partial charge in [0.1, 0.15) is 11.1 Å². The largest absolute Gasteiger partial charge is 0.490 e. The number of fused-ring (bicyclic) bond motifs is 1. The molecule has 3 rings (SSSR count). The number of nitrogens with zero attached hydrogens (tertiary/aromatic N) is 2. The van der Waals surface area contributed by atoms with Crippen LogP contribution in [-0.2, 0) is 4.79 Å². The second kappa shape index (κ2) is 9.86. The minimum atomic E-state index is -0.155. The van der Waals surface area contributed by atoms with Crippen molar-refractivity contribution in [3.05, 3.63) is 46.6 Å². The predicted molar refractivity (Wildman–Crippen MR) is 117 cm³/mol. The molecule has 0 saturated heterocycles. The third-order valence-electron chi connectivity index (χ3n) is 4.88. The Kier molecular flexibility index (Phi) is 7.22. The Morgan fingerprint density at radius 3 is 2.67 bits per heavy atom. The van der Waals surface area contributed by atoms with Crippen LogP contribution in [0.1, 0.15) is 48.7 Å². The summed E-state index contributed by atoms with van der Waals surface area (Å²) in [5.41, 5.74) is 3.22. The summed E-state index contributed by atoms with van der Waals surface area (Å²) in [5.74, 6) is 1.74. The first-order chi connectivity index (χ1) is 14.4. The van der Waals surface area contributed by atoms with Gasteiger partial charge in [0.25, 0.3) is 0 Å². The van der Waals surface area contributed by atoms with Crippen LogP contribution in [0.5, 0.6) is 11.5 Å². The van der Waals surface area contributed by atoms with E-state index in [1.165, 1.54) is 11.8 Å². The topological polar surface area (TPSA) is 84.2 Å². The third-order valence-corrected chi connectivity index (χ3v) is 5.85. The highest BCUT2D eigenvalue weighted by Gasteiger charge is 2.21. The van der Waals surface area contributed by atoms with Gasteiger partial charge in [0.05, 0.1) is 30.6 Å². The molecule has 2 aromatic rings. The summed E-state index contributed by atoms with van der Waals surface area (Å²) >= 11 is 1.29. The number of benzene rings is 1. The van der Waals surface area contributed by atoms with Crippen LogP contribution in [0.2, 0.25) is 0 Å². The molecule has 1 amide bonds. The fourth-order valence-corrected chi connectivity index (χ4v) is 4.31. The molecule has 1 N–H and O–H groups in total. The number of carbonyl (C=O) groups excluding carboxylic acids is 1. The van der Waals surface area contributed by atoms with Gasteiger partial charge in [-0.3, -0.25) is 4.79 Å². The molecule has 6 nitrogen and oxygen atoms in total. The SMILES string of the molecule is Cc1cc(C)c(C#N)c(SCC(=O)NC(c2ccc3c(c2)OCCCO3)C(C)C)n1. The van der Waals surface area contributed by atoms with Crippen molar-refractivity contribution >= 4 is 17.7 Å². The van der Waals surface area contributed by atoms with Crippen LogP contribution in [0.4, 0.5) is 0 Å². The molecular formula is C23H27N3O3S. The van der Waals surface area contributed by atoms with Crippen LogP contribution in [-0.4, -0.2) is 29.9 Å². The van der Waals surface area contributed by atoms with E-state index in [0.717, 1.165) is 34.7 Å². The number of nitriles is 1. The van der Waals surface area contributed by atoms with E-state index >= 15 is 0 Å². The molecule has 1 atom stereocenters. The number of carbonyl (C=O) groups is 1. The maximum Gasteiger partial charge on any atom is 0.230 e. The zero-order valence-electron chi connectivity index (χ0n) is 17.8. The molecule has 0 spiro atoms. The molecule has 158 valence electrons. The second-order valence-electron chi connectivity index (χ2n) is 7.71. The van der Waals surface area contributed by atoms with Gasteiger partial charge >= 0.3 is 0 Å². The number of aromatic nitrogens is 1. The smallest absolute Gasteiger partial charge is 0.230 e. The first-order valence-corrected chi connectivity index (χ1v) is 11.1. The van der Waals surface area contributed by atoms with Gasteiger partial charge in [-0.05, 0) is 49.1 Å². The van der Waals surface area contributed by atoms with E-state index < -0.39 is 0 Å². The number of thioether (sulfide) groups is 1. The average molecular weight is 426 g/mol. The van der Waals surface area contributed by atoms with Crippen LogP contribution in [0.15, 0.2) is 29.3 Å². The number of hydrogen-bond acceptors (Lipinski definition) is 6. The van der Waals surface area contributed by atoms with Crippen molar-refractivity contribution in [1.29, 1.82) is 5.26 Å². The van der Waals surface area contributed by atoms with E-state index in [-0.39, 0.29) is 23.6 Å². The maximum absolute atomic E-state index is 12.7. The Balaban J connectivity index is 1.71. The lowest BCUT2D eigenvalue weighted by molar-refractivity contribution is -0.119. The van der Waals surface area contributed by atoms with E-state index in [2.05, 4.69) is 30.2 Å². The molecule has 7 heteroatoms. The van der Waals surface area contributed by atoms with Crippen molar-refractivity contribution < 1.29 is 14.3 Å². The standard InChI is InChI=1S/C23H27N3O3S/c1-14(2)22(17-6-7-19-20(11-17)29-9-5-8-28-19)26-21(27)13-30-23-18(12-24)15(3)10-16(4)25-23/h6-7,10-11,14,22H,5,8-9,13H2,1-4H3,(H,26,27). The molecule has 0 fully saturated rings. The highest BCUT2D eigenvalue weighted by atomic mass is 32.2. The highest BCUT2D eigenvalue weighted by Crippen LogP contribution is 2.34. The number of aryl methyl sites for hydroxylation is 2. The van der Waals surface area contributed by atoms with E-state index in [0.29, 0.717) is 23.8 Å². The maximum atomic E-state index is 12.7. The Morgan fingerprint density at radius 2 is 1.97 bits per heavy atom. The molecule has 1 aliphatic heterocycles. The number of hydrogen-bond donors (Lipinski definition) is 1. The highest BCUT2D eigenvalue weighted by molar-refractivity contribution is 8.00. The molecule has 2 heterocycles. The fourth-order valence-electron chi connectivity index (χ4n) is 3.40. The normalized spacial score (nSPS) is 14.0. The minimum Gasteiger partial charge on any atom is -0.490 e. The number of amides is 1. The van der Waals surface area contributed by atoms with Gasteiger partial charge in [0, 0.05) is 12.1 Å². The van der Waals surface area contributed by atoms with Crippen molar-refractivity contribution in [3.63, 3.8) is 0 Å². The molecule has 1 aliphatic rings. The van der Waals surface area contributed by atoms with E-state index in [4.69, 9.17) is 9.47 Å². The molecule has 1 aromatic carbocycles. The predicted octanol–water partition coefficient (Wildman–Crippen LogP) is 4.34. The van der Waals surface area contributed by atoms with Crippen molar-refractivity contribution in [2.75, 3.05) is 19.0 Å². The third kappa shape index (κ3) is 5.25. The van der Waals surface area contributed by atoms with Crippen molar-refractivity contribution in [3.8, 4) is 17.6 Å². The van der Waals surface area contributed by atoms with Crippen LogP contribution >= 0.6 is 11.8 Å². The summed E-state index contributed by atoms with van der Waals surface area (Å²) in [6, 6.07) is 9.76. The molecule has 0 radical (unpaired) electrons. The van der Waals surface area contributed by atoms with Crippen LogP contribution in [0.25, 0.3) is 0 Å². The molecular weight excluding hydrogens is 398 g/mol. The van der Waals surface area contributed by atoms with Gasteiger partial charge in [-0.2, -0.15) is 5.26 Å². The van der Waals surface area contributed by atoms with Gasteiger partial charge in [-0.1, -0.05) is 31.7 Å². The van der Waals surface area contributed by atoms with Crippen LogP contribution in [0.3, 0.4) is 0 Å². The van der Waals surface area contributed by atoms with E-state index in [1.807, 2.05) is 38.1 Å². The number of rotatable bonds is 6. The molecule has 0 bridgehead atoms. The van der Waals surface area contributed by atoms with Gasteiger partial charge in [-0.25, -0.2) is 4.98 Å². The van der Waals surface area contributed by atoms with Gasteiger partial charge in [0.15, 0.2) is 11.5 Å². The summed E-state index contributed by atoms with van der Waals surface area (Å²) < 4.78 is 11.5. The number of pyridine rings is 1. The fraction of sp³-hybridized carbons (Fsp3) is 0.435. The zero-order chi connectivity index (χ0) is 21.7. The second-order valence-corrected chi connectivity index (χ2v) is 8.67. The molecule has 0 aliphatic carbocycles. The zero-order valence-corrected chi connectivity index (χ0v) is 18.6. The van der Waals surface area contributed by atoms with Gasteiger partial charge < -0.3 is 14.8 Å². The first kappa shape index (κ1) is 22.0. The molecule has 1 unspecified atom stereocenters. The lowest BCUT2D eigenvalue weighted by Gasteiger charge is -2.24. The van der Waals surface area contributed by atoms with Gasteiger partial charge in [0.2, 0.25) is 5.91 Å². The van der Waals surface area contributed by atoms with Crippen molar-refractivity contribution in [1.82, 2.24) is 10.3 Å². The van der Waals surface area contributed by atoms with Crippen molar-refractivity contribution in [2.24, 2.45) is 5.92 Å². The summed E-state index contributed by atoms with van der Waals surface area (Å²) in [4.78, 5) is 17.2. The Hall–Kier alpha value is -2.72. The summed E-state index contributed by atoms with van der Waals surface area (Å²) in [7, 11) is 0. The summed E-state index contributed by atoms with van der Waals surface area (Å²) in [6.45, 7) is 9.18. The Morgan fingerprint density at radius 1 is 1.23 bits per heavy atom. The summed E-state index contributed by atoms with van der Waals surface area (Å²) in [5, 5.41) is 13.1. The monoisotopic (exact) mass is 425 g/mol. The molecule has 0 saturated carbocycles. The Bertz CT molecular complexity index is 969. The average Bonchev–Trinajstić information content (AvgIpc) is 2.94. The molecule has 1 aromatic heterocycles. The van der Waals surface area contributed by atoms with Crippen LogP contribution < -0.4 is 14.8 Å². The lowest BCUT2D eigenvalue weighted by atomic mass is 9.95. The summed E-state index contributed by atoms with van der Waals surface area (Å²) in [6.07, 6.45) is 0.850. The quantitative estimate of drug-likeness (QED) is 0.693. The first-order valence-electron chi connectivity index (χ1n) is 10.1. The lowest BCUT2D eigenvalue weighted by Crippen LogP contribution is -2.33. The number of ether oxygens (including phenoxy) is 2. The van der Waals surface area contributed by atoms with E-state index in [9.17, 15) is 10.1 Å².